The van der Waals surface area contributed by atoms with Gasteiger partial charge in [-0.3, -0.25) is 24.6 Å². The molecule has 0 aromatic heterocycles. The summed E-state index contributed by atoms with van der Waals surface area (Å²) >= 11 is 5.98. The van der Waals surface area contributed by atoms with Gasteiger partial charge >= 0.3 is 0 Å². The summed E-state index contributed by atoms with van der Waals surface area (Å²) in [5.41, 5.74) is 2.70. The number of hydrogen-bond acceptors (Lipinski definition) is 4. The summed E-state index contributed by atoms with van der Waals surface area (Å²) < 4.78 is 0. The van der Waals surface area contributed by atoms with Crippen LogP contribution in [-0.2, 0) is 9.59 Å². The van der Waals surface area contributed by atoms with Gasteiger partial charge in [-0.1, -0.05) is 55.3 Å². The van der Waals surface area contributed by atoms with Crippen molar-refractivity contribution in [3.63, 3.8) is 0 Å². The first-order valence-electron chi connectivity index (χ1n) is 10.2. The Hall–Kier alpha value is -2.99. The van der Waals surface area contributed by atoms with E-state index in [0.717, 1.165) is 11.1 Å². The zero-order chi connectivity index (χ0) is 22.5. The number of carbonyl (C=O) groups is 2. The molecule has 0 saturated carbocycles. The van der Waals surface area contributed by atoms with E-state index < -0.39 is 4.92 Å². The maximum Gasteiger partial charge on any atom is 0.294 e. The monoisotopic (exact) mass is 438 g/mol. The zero-order valence-electron chi connectivity index (χ0n) is 17.6. The number of benzene rings is 2. The number of amides is 1. The van der Waals surface area contributed by atoms with Gasteiger partial charge in [-0.15, -0.1) is 0 Å². The van der Waals surface area contributed by atoms with Crippen LogP contribution in [0.5, 0.6) is 0 Å². The highest BCUT2D eigenvalue weighted by atomic mass is 35.5. The minimum Gasteiger partial charge on any atom is -0.294 e. The van der Waals surface area contributed by atoms with E-state index in [4.69, 9.17) is 11.6 Å². The van der Waals surface area contributed by atoms with Gasteiger partial charge in [-0.25, -0.2) is 0 Å². The Labute approximate surface area is 185 Å². The van der Waals surface area contributed by atoms with Crippen molar-refractivity contribution < 1.29 is 14.5 Å². The number of allylic oxidation sites excluding steroid dienone is 2. The number of ketones is 1. The van der Waals surface area contributed by atoms with Crippen LogP contribution < -0.4 is 4.90 Å². The molecule has 6 nitrogen and oxygen atoms in total. The van der Waals surface area contributed by atoms with Crippen LogP contribution in [0, 0.1) is 22.5 Å². The summed E-state index contributed by atoms with van der Waals surface area (Å²) in [7, 11) is 0. The second-order valence-electron chi connectivity index (χ2n) is 9.09. The van der Waals surface area contributed by atoms with Crippen molar-refractivity contribution in [3.05, 3.63) is 80.0 Å². The standard InChI is InChI=1S/C24H23ClN2O4/c1-14-4-6-15(7-5-14)17-11-22(29)26(18-9-8-16(25)10-19(18)27(30)31)20-12-24(2,3)13-21(28)23(17)20/h4-10,17H,11-13H2,1-3H3. The van der Waals surface area contributed by atoms with Crippen LogP contribution in [-0.4, -0.2) is 16.6 Å². The molecule has 2 aromatic carbocycles. The van der Waals surface area contributed by atoms with E-state index in [0.29, 0.717) is 24.1 Å². The molecule has 0 radical (unpaired) electrons. The van der Waals surface area contributed by atoms with Gasteiger partial charge < -0.3 is 0 Å². The van der Waals surface area contributed by atoms with E-state index in [1.165, 1.54) is 23.1 Å². The fourth-order valence-corrected chi connectivity index (χ4v) is 4.78. The van der Waals surface area contributed by atoms with E-state index >= 15 is 0 Å². The van der Waals surface area contributed by atoms with Gasteiger partial charge in [0.2, 0.25) is 5.91 Å². The highest BCUT2D eigenvalue weighted by Crippen LogP contribution is 2.49. The minimum atomic E-state index is -0.545. The molecular formula is C24H23ClN2O4. The number of Topliss-reactive ketones (excluding diaryl/α,β-unsaturated/α-hetero) is 1. The molecule has 31 heavy (non-hydrogen) atoms. The van der Waals surface area contributed by atoms with Gasteiger partial charge in [0.05, 0.1) is 4.92 Å². The summed E-state index contributed by atoms with van der Waals surface area (Å²) in [4.78, 5) is 39.3. The van der Waals surface area contributed by atoms with Gasteiger partial charge in [0.25, 0.3) is 5.69 Å². The molecule has 2 aliphatic rings. The Bertz CT molecular complexity index is 1130. The maximum atomic E-state index is 13.4. The van der Waals surface area contributed by atoms with E-state index in [1.807, 2.05) is 45.0 Å². The second-order valence-corrected chi connectivity index (χ2v) is 9.52. The molecule has 4 rings (SSSR count). The zero-order valence-corrected chi connectivity index (χ0v) is 18.4. The molecule has 1 aliphatic carbocycles. The molecule has 0 bridgehead atoms. The quantitative estimate of drug-likeness (QED) is 0.453. The SMILES string of the molecule is Cc1ccc(C2CC(=O)N(c3ccc(Cl)cc3[N+](=O)[O-])C3=C2C(=O)CC(C)(C)C3)cc1. The summed E-state index contributed by atoms with van der Waals surface area (Å²) in [6.07, 6.45) is 0.925. The smallest absolute Gasteiger partial charge is 0.294 e. The lowest BCUT2D eigenvalue weighted by atomic mass is 9.69. The summed E-state index contributed by atoms with van der Waals surface area (Å²) in [6.45, 7) is 5.93. The Kier molecular flexibility index (Phi) is 5.21. The average Bonchev–Trinajstić information content (AvgIpc) is 2.67. The summed E-state index contributed by atoms with van der Waals surface area (Å²) in [5.74, 6) is -0.625. The molecule has 1 unspecified atom stereocenters. The van der Waals surface area contributed by atoms with Crippen molar-refractivity contribution >= 4 is 34.7 Å². The molecule has 0 spiro atoms. The van der Waals surface area contributed by atoms with Crippen molar-refractivity contribution in [3.8, 4) is 0 Å². The van der Waals surface area contributed by atoms with Crippen LogP contribution >= 0.6 is 11.6 Å². The summed E-state index contributed by atoms with van der Waals surface area (Å²) in [5, 5.41) is 11.9. The first-order valence-corrected chi connectivity index (χ1v) is 10.5. The molecule has 2 aromatic rings. The molecule has 7 heteroatoms. The number of carbonyl (C=O) groups excluding carboxylic acids is 2. The third kappa shape index (κ3) is 3.88. The maximum absolute atomic E-state index is 13.4. The predicted molar refractivity (Wildman–Crippen MR) is 119 cm³/mol. The number of hydrogen-bond donors (Lipinski definition) is 0. The molecule has 1 atom stereocenters. The van der Waals surface area contributed by atoms with Crippen LogP contribution in [0.4, 0.5) is 11.4 Å². The molecule has 0 fully saturated rings. The number of nitro benzene ring substituents is 1. The molecule has 1 heterocycles. The van der Waals surface area contributed by atoms with Crippen molar-refractivity contribution in [1.82, 2.24) is 0 Å². The topological polar surface area (TPSA) is 80.5 Å². The Balaban J connectivity index is 1.94. The third-order valence-corrected chi connectivity index (χ3v) is 6.23. The Morgan fingerprint density at radius 2 is 1.77 bits per heavy atom. The normalized spacial score (nSPS) is 20.6. The Morgan fingerprint density at radius 1 is 1.10 bits per heavy atom. The van der Waals surface area contributed by atoms with Gasteiger partial charge in [-0.05, 0) is 36.5 Å². The number of rotatable bonds is 3. The minimum absolute atomic E-state index is 0.00839. The molecule has 1 amide bonds. The summed E-state index contributed by atoms with van der Waals surface area (Å²) in [6, 6.07) is 12.1. The number of halogens is 1. The second kappa shape index (κ2) is 7.61. The number of nitro groups is 1. The first-order chi connectivity index (χ1) is 14.6. The van der Waals surface area contributed by atoms with Crippen LogP contribution in [0.2, 0.25) is 5.02 Å². The fourth-order valence-electron chi connectivity index (χ4n) is 4.61. The molecular weight excluding hydrogens is 416 g/mol. The van der Waals surface area contributed by atoms with Gasteiger partial charge in [0.1, 0.15) is 5.69 Å². The number of aryl methyl sites for hydroxylation is 1. The van der Waals surface area contributed by atoms with Crippen LogP contribution in [0.3, 0.4) is 0 Å². The van der Waals surface area contributed by atoms with Crippen molar-refractivity contribution in [2.75, 3.05) is 4.90 Å². The third-order valence-electron chi connectivity index (χ3n) is 6.00. The predicted octanol–water partition coefficient (Wildman–Crippen LogP) is 5.72. The highest BCUT2D eigenvalue weighted by Gasteiger charge is 2.45. The van der Waals surface area contributed by atoms with E-state index in [-0.39, 0.29) is 45.8 Å². The first kappa shape index (κ1) is 21.2. The average molecular weight is 439 g/mol. The number of anilines is 1. The van der Waals surface area contributed by atoms with Crippen molar-refractivity contribution in [2.45, 2.75) is 46.0 Å². The van der Waals surface area contributed by atoms with Crippen LogP contribution in [0.1, 0.15) is 50.2 Å². The van der Waals surface area contributed by atoms with Crippen molar-refractivity contribution in [2.24, 2.45) is 5.41 Å². The largest absolute Gasteiger partial charge is 0.294 e. The van der Waals surface area contributed by atoms with E-state index in [2.05, 4.69) is 0 Å². The fraction of sp³-hybridized carbons (Fsp3) is 0.333. The number of nitrogens with zero attached hydrogens (tertiary/aromatic N) is 2. The molecule has 0 saturated heterocycles. The van der Waals surface area contributed by atoms with E-state index in [1.54, 1.807) is 0 Å². The molecule has 160 valence electrons. The molecule has 1 aliphatic heterocycles. The Morgan fingerprint density at radius 3 is 2.42 bits per heavy atom. The lowest BCUT2D eigenvalue weighted by Gasteiger charge is -2.42. The van der Waals surface area contributed by atoms with Crippen molar-refractivity contribution in [1.29, 1.82) is 0 Å². The van der Waals surface area contributed by atoms with Gasteiger partial charge in [-0.2, -0.15) is 0 Å². The lowest BCUT2D eigenvalue weighted by Crippen LogP contribution is -2.44. The van der Waals surface area contributed by atoms with E-state index in [9.17, 15) is 19.7 Å². The van der Waals surface area contributed by atoms with Crippen LogP contribution in [0.15, 0.2) is 53.7 Å². The highest BCUT2D eigenvalue weighted by molar-refractivity contribution is 6.31. The molecule has 0 N–H and O–H groups in total. The van der Waals surface area contributed by atoms with Gasteiger partial charge in [0, 0.05) is 41.1 Å². The van der Waals surface area contributed by atoms with Crippen LogP contribution in [0.25, 0.3) is 0 Å². The lowest BCUT2D eigenvalue weighted by molar-refractivity contribution is -0.384. The van der Waals surface area contributed by atoms with Gasteiger partial charge in [0.15, 0.2) is 5.78 Å².